The number of nitrogens with one attached hydrogen (secondary N) is 1. The predicted octanol–water partition coefficient (Wildman–Crippen LogP) is 3.08. The molecule has 128 valence electrons. The van der Waals surface area contributed by atoms with Gasteiger partial charge in [-0.1, -0.05) is 18.2 Å². The van der Waals surface area contributed by atoms with E-state index in [-0.39, 0.29) is 23.6 Å². The van der Waals surface area contributed by atoms with Crippen LogP contribution in [0.5, 0.6) is 0 Å². The Bertz CT molecular complexity index is 671. The minimum absolute atomic E-state index is 0.0598. The molecule has 0 unspecified atom stereocenters. The molecular formula is C18H21FN2O2S. The van der Waals surface area contributed by atoms with E-state index >= 15 is 0 Å². The first kappa shape index (κ1) is 17.1. The monoisotopic (exact) mass is 348 g/mol. The molecule has 4 nitrogen and oxygen atoms in total. The summed E-state index contributed by atoms with van der Waals surface area (Å²) < 4.78 is 19.3. The lowest BCUT2D eigenvalue weighted by molar-refractivity contribution is 0.00968. The van der Waals surface area contributed by atoms with Gasteiger partial charge in [-0.15, -0.1) is 11.3 Å². The fourth-order valence-electron chi connectivity index (χ4n) is 3.07. The van der Waals surface area contributed by atoms with E-state index in [1.165, 1.54) is 17.0 Å². The van der Waals surface area contributed by atoms with Crippen molar-refractivity contribution in [2.24, 2.45) is 0 Å². The number of amides is 1. The Morgan fingerprint density at radius 3 is 2.67 bits per heavy atom. The smallest absolute Gasteiger partial charge is 0.254 e. The molecule has 0 spiro atoms. The van der Waals surface area contributed by atoms with Gasteiger partial charge in [-0.3, -0.25) is 9.69 Å². The van der Waals surface area contributed by atoms with Crippen molar-refractivity contribution in [3.8, 4) is 0 Å². The van der Waals surface area contributed by atoms with Crippen LogP contribution in [-0.4, -0.2) is 43.2 Å². The molecular weight excluding hydrogens is 327 g/mol. The Labute approximate surface area is 145 Å². The number of benzene rings is 1. The van der Waals surface area contributed by atoms with Gasteiger partial charge < -0.3 is 10.1 Å². The lowest BCUT2D eigenvalue weighted by Gasteiger charge is -2.37. The number of rotatable bonds is 5. The summed E-state index contributed by atoms with van der Waals surface area (Å²) >= 11 is 1.67. The first-order chi connectivity index (χ1) is 11.7. The Morgan fingerprint density at radius 2 is 2.00 bits per heavy atom. The molecule has 3 rings (SSSR count). The third-order valence-corrected chi connectivity index (χ3v) is 5.17. The number of halogens is 1. The van der Waals surface area contributed by atoms with Crippen LogP contribution in [0.2, 0.25) is 0 Å². The van der Waals surface area contributed by atoms with Gasteiger partial charge in [-0.2, -0.15) is 0 Å². The zero-order valence-corrected chi connectivity index (χ0v) is 14.4. The number of thiophene rings is 1. The van der Waals surface area contributed by atoms with Crippen LogP contribution in [0.25, 0.3) is 0 Å². The number of nitrogens with zero attached hydrogens (tertiary/aromatic N) is 1. The summed E-state index contributed by atoms with van der Waals surface area (Å²) in [7, 11) is 0. The number of ether oxygens (including phenoxy) is 1. The quantitative estimate of drug-likeness (QED) is 0.903. The lowest BCUT2D eigenvalue weighted by Crippen LogP contribution is -2.48. The zero-order valence-electron chi connectivity index (χ0n) is 13.6. The van der Waals surface area contributed by atoms with E-state index in [2.05, 4.69) is 16.3 Å². The van der Waals surface area contributed by atoms with Crippen LogP contribution in [0.4, 0.5) is 4.39 Å². The van der Waals surface area contributed by atoms with Gasteiger partial charge in [0.25, 0.3) is 5.91 Å². The fraction of sp³-hybridized carbons (Fsp3) is 0.389. The van der Waals surface area contributed by atoms with Gasteiger partial charge >= 0.3 is 0 Å². The summed E-state index contributed by atoms with van der Waals surface area (Å²) in [5.74, 6) is -0.878. The summed E-state index contributed by atoms with van der Waals surface area (Å²) in [6.45, 7) is 5.00. The van der Waals surface area contributed by atoms with Gasteiger partial charge in [0.2, 0.25) is 0 Å². The Morgan fingerprint density at radius 1 is 1.25 bits per heavy atom. The van der Waals surface area contributed by atoms with Crippen molar-refractivity contribution in [2.45, 2.75) is 19.0 Å². The molecule has 2 atom stereocenters. The molecule has 2 aromatic rings. The molecule has 2 heterocycles. The molecule has 24 heavy (non-hydrogen) atoms. The molecule has 1 aromatic heterocycles. The minimum Gasteiger partial charge on any atom is -0.379 e. The van der Waals surface area contributed by atoms with Gasteiger partial charge in [0, 0.05) is 24.0 Å². The third kappa shape index (κ3) is 3.83. The molecule has 6 heteroatoms. The lowest BCUT2D eigenvalue weighted by atomic mass is 10.0. The van der Waals surface area contributed by atoms with E-state index in [0.29, 0.717) is 13.2 Å². The first-order valence-corrected chi connectivity index (χ1v) is 8.95. The average molecular weight is 348 g/mol. The Kier molecular flexibility index (Phi) is 5.60. The Balaban J connectivity index is 1.77. The van der Waals surface area contributed by atoms with Crippen LogP contribution in [0, 0.1) is 5.82 Å². The van der Waals surface area contributed by atoms with E-state index < -0.39 is 5.82 Å². The maximum Gasteiger partial charge on any atom is 0.254 e. The van der Waals surface area contributed by atoms with Gasteiger partial charge in [0.1, 0.15) is 5.82 Å². The maximum atomic E-state index is 13.8. The van der Waals surface area contributed by atoms with Crippen molar-refractivity contribution < 1.29 is 13.9 Å². The van der Waals surface area contributed by atoms with Crippen molar-refractivity contribution in [1.82, 2.24) is 10.2 Å². The number of carbonyl (C=O) groups excluding carboxylic acids is 1. The van der Waals surface area contributed by atoms with Gasteiger partial charge in [0.05, 0.1) is 24.8 Å². The van der Waals surface area contributed by atoms with E-state index in [1.54, 1.807) is 23.5 Å². The molecule has 1 aromatic carbocycles. The van der Waals surface area contributed by atoms with Crippen LogP contribution < -0.4 is 5.32 Å². The van der Waals surface area contributed by atoms with Crippen molar-refractivity contribution in [3.63, 3.8) is 0 Å². The average Bonchev–Trinajstić information content (AvgIpc) is 3.10. The third-order valence-electron chi connectivity index (χ3n) is 4.22. The van der Waals surface area contributed by atoms with Crippen molar-refractivity contribution in [1.29, 1.82) is 0 Å². The molecule has 0 bridgehead atoms. The molecule has 1 fully saturated rings. The molecule has 0 radical (unpaired) electrons. The standard InChI is InChI=1S/C18H21FN2O2S/c1-13(20-18(22)14-5-2-3-6-15(14)19)17(16-7-4-12-24-16)21-8-10-23-11-9-21/h2-7,12-13,17H,8-11H2,1H3,(H,20,22)/t13-,17-/m0/s1. The number of carbonyl (C=O) groups is 1. The second-order valence-electron chi connectivity index (χ2n) is 5.85. The minimum atomic E-state index is -0.499. The highest BCUT2D eigenvalue weighted by Gasteiger charge is 2.30. The summed E-state index contributed by atoms with van der Waals surface area (Å²) in [4.78, 5) is 16.0. The zero-order chi connectivity index (χ0) is 16.9. The van der Waals surface area contributed by atoms with Crippen LogP contribution in [0.1, 0.15) is 28.2 Å². The number of morpholine rings is 1. The van der Waals surface area contributed by atoms with Crippen LogP contribution in [-0.2, 0) is 4.74 Å². The molecule has 1 N–H and O–H groups in total. The summed E-state index contributed by atoms with van der Waals surface area (Å²) in [6, 6.07) is 10.1. The Hall–Kier alpha value is -1.76. The van der Waals surface area contributed by atoms with Crippen LogP contribution >= 0.6 is 11.3 Å². The predicted molar refractivity (Wildman–Crippen MR) is 92.8 cm³/mol. The number of hydrogen-bond donors (Lipinski definition) is 1. The fourth-order valence-corrected chi connectivity index (χ4v) is 4.03. The van der Waals surface area contributed by atoms with Crippen molar-refractivity contribution in [2.75, 3.05) is 26.3 Å². The molecule has 1 aliphatic heterocycles. The van der Waals surface area contributed by atoms with Crippen molar-refractivity contribution in [3.05, 3.63) is 58.0 Å². The van der Waals surface area contributed by atoms with Crippen LogP contribution in [0.3, 0.4) is 0 Å². The highest BCUT2D eigenvalue weighted by atomic mass is 32.1. The van der Waals surface area contributed by atoms with Gasteiger partial charge in [-0.05, 0) is 30.5 Å². The highest BCUT2D eigenvalue weighted by molar-refractivity contribution is 7.10. The highest BCUT2D eigenvalue weighted by Crippen LogP contribution is 2.29. The maximum absolute atomic E-state index is 13.8. The molecule has 0 aliphatic carbocycles. The molecule has 1 aliphatic rings. The van der Waals surface area contributed by atoms with E-state index in [1.807, 2.05) is 18.4 Å². The SMILES string of the molecule is C[C@H](NC(=O)c1ccccc1F)[C@@H](c1cccs1)N1CCOCC1. The summed E-state index contributed by atoms with van der Waals surface area (Å²) in [5, 5.41) is 5.00. The van der Waals surface area contributed by atoms with E-state index in [9.17, 15) is 9.18 Å². The summed E-state index contributed by atoms with van der Waals surface area (Å²) in [5.41, 5.74) is 0.0799. The topological polar surface area (TPSA) is 41.6 Å². The second-order valence-corrected chi connectivity index (χ2v) is 6.83. The second kappa shape index (κ2) is 7.88. The molecule has 1 saturated heterocycles. The normalized spacial score (nSPS) is 18.1. The van der Waals surface area contributed by atoms with Crippen LogP contribution in [0.15, 0.2) is 41.8 Å². The first-order valence-electron chi connectivity index (χ1n) is 8.07. The van der Waals surface area contributed by atoms with Crippen molar-refractivity contribution >= 4 is 17.2 Å². The van der Waals surface area contributed by atoms with E-state index in [4.69, 9.17) is 4.74 Å². The summed E-state index contributed by atoms with van der Waals surface area (Å²) in [6.07, 6.45) is 0. The molecule has 0 saturated carbocycles. The molecule has 1 amide bonds. The largest absolute Gasteiger partial charge is 0.379 e. The van der Waals surface area contributed by atoms with E-state index in [0.717, 1.165) is 13.1 Å². The van der Waals surface area contributed by atoms with Gasteiger partial charge in [-0.25, -0.2) is 4.39 Å². The van der Waals surface area contributed by atoms with Gasteiger partial charge in [0.15, 0.2) is 0 Å². The number of hydrogen-bond acceptors (Lipinski definition) is 4.